The summed E-state index contributed by atoms with van der Waals surface area (Å²) < 4.78 is 80.7. The number of aliphatic hydroxyl groups is 1. The first kappa shape index (κ1) is 25.7. The first-order valence-electron chi connectivity index (χ1n) is 10.9. The van der Waals surface area contributed by atoms with Crippen LogP contribution in [0.2, 0.25) is 0 Å². The van der Waals surface area contributed by atoms with Crippen molar-refractivity contribution < 1.29 is 36.0 Å². The molecule has 0 saturated heterocycles. The maximum atomic E-state index is 14.5. The van der Waals surface area contributed by atoms with E-state index in [9.17, 15) is 27.1 Å². The summed E-state index contributed by atoms with van der Waals surface area (Å²) in [6.45, 7) is -1.40. The molecule has 4 heterocycles. The molecular weight excluding hydrogens is 533 g/mol. The van der Waals surface area contributed by atoms with Gasteiger partial charge in [-0.15, -0.1) is 5.10 Å². The van der Waals surface area contributed by atoms with E-state index in [2.05, 4.69) is 40.2 Å². The molecule has 0 bridgehead atoms. The zero-order valence-electron chi connectivity index (χ0n) is 19.4. The van der Waals surface area contributed by atoms with Crippen molar-refractivity contribution in [3.63, 3.8) is 0 Å². The molecule has 39 heavy (non-hydrogen) atoms. The van der Waals surface area contributed by atoms with Crippen molar-refractivity contribution in [1.82, 2.24) is 35.1 Å². The SMILES string of the molecule is Nc1nnc(C(O)(CNc2nc(-c3cc(-c4ccon4)n(Cc4ccccc4F)n3)ncc2F)C(F)(F)F)o1. The fourth-order valence-corrected chi connectivity index (χ4v) is 3.51. The van der Waals surface area contributed by atoms with E-state index in [-0.39, 0.29) is 18.1 Å². The second-order valence-corrected chi connectivity index (χ2v) is 8.10. The number of hydrogen-bond acceptors (Lipinski definition) is 11. The van der Waals surface area contributed by atoms with Crippen molar-refractivity contribution in [2.24, 2.45) is 0 Å². The van der Waals surface area contributed by atoms with E-state index >= 15 is 0 Å². The third-order valence-corrected chi connectivity index (χ3v) is 5.51. The van der Waals surface area contributed by atoms with Gasteiger partial charge in [-0.3, -0.25) is 4.68 Å². The van der Waals surface area contributed by atoms with E-state index in [0.717, 1.165) is 0 Å². The van der Waals surface area contributed by atoms with Crippen molar-refractivity contribution in [1.29, 1.82) is 0 Å². The van der Waals surface area contributed by atoms with Crippen LogP contribution < -0.4 is 11.1 Å². The number of hydrogen-bond donors (Lipinski definition) is 3. The second kappa shape index (κ2) is 9.75. The van der Waals surface area contributed by atoms with Crippen molar-refractivity contribution >= 4 is 11.8 Å². The molecule has 0 fully saturated rings. The average Bonchev–Trinajstić information content (AvgIpc) is 3.65. The molecule has 1 atom stereocenters. The molecule has 1 aromatic carbocycles. The summed E-state index contributed by atoms with van der Waals surface area (Å²) in [5.41, 5.74) is 2.51. The molecule has 12 nitrogen and oxygen atoms in total. The molecule has 4 N–H and O–H groups in total. The van der Waals surface area contributed by atoms with Gasteiger partial charge in [0.25, 0.3) is 11.5 Å². The molecule has 17 heteroatoms. The number of anilines is 2. The molecule has 0 radical (unpaired) electrons. The van der Waals surface area contributed by atoms with E-state index in [1.165, 1.54) is 35.2 Å². The normalized spacial score (nSPS) is 13.4. The Balaban J connectivity index is 1.48. The molecule has 0 aliphatic heterocycles. The number of halogens is 5. The van der Waals surface area contributed by atoms with Crippen LogP contribution in [0.1, 0.15) is 11.5 Å². The molecular formula is C22H16F5N9O3. The largest absolute Gasteiger partial charge is 0.428 e. The number of aromatic nitrogens is 7. The monoisotopic (exact) mass is 549 g/mol. The summed E-state index contributed by atoms with van der Waals surface area (Å²) >= 11 is 0. The Morgan fingerprint density at radius 3 is 2.51 bits per heavy atom. The van der Waals surface area contributed by atoms with Crippen LogP contribution >= 0.6 is 0 Å². The zero-order chi connectivity index (χ0) is 27.8. The minimum absolute atomic E-state index is 0.0346. The summed E-state index contributed by atoms with van der Waals surface area (Å²) in [4.78, 5) is 7.79. The Morgan fingerprint density at radius 1 is 1.05 bits per heavy atom. The molecule has 1 unspecified atom stereocenters. The van der Waals surface area contributed by atoms with Gasteiger partial charge in [0.15, 0.2) is 17.5 Å². The fraction of sp³-hybridized carbons (Fsp3) is 0.182. The van der Waals surface area contributed by atoms with E-state index in [0.29, 0.717) is 23.1 Å². The van der Waals surface area contributed by atoms with Crippen LogP contribution in [-0.2, 0) is 12.1 Å². The highest BCUT2D eigenvalue weighted by atomic mass is 19.4. The van der Waals surface area contributed by atoms with Gasteiger partial charge in [0.1, 0.15) is 23.5 Å². The van der Waals surface area contributed by atoms with E-state index < -0.39 is 47.7 Å². The van der Waals surface area contributed by atoms with Crippen molar-refractivity contribution in [3.8, 4) is 22.9 Å². The van der Waals surface area contributed by atoms with E-state index in [4.69, 9.17) is 10.3 Å². The van der Waals surface area contributed by atoms with Gasteiger partial charge in [0.05, 0.1) is 25.0 Å². The van der Waals surface area contributed by atoms with Gasteiger partial charge in [0.2, 0.25) is 0 Å². The smallest absolute Gasteiger partial charge is 0.405 e. The highest BCUT2D eigenvalue weighted by Gasteiger charge is 2.59. The topological polar surface area (TPSA) is 167 Å². The van der Waals surface area contributed by atoms with Gasteiger partial charge >= 0.3 is 12.2 Å². The van der Waals surface area contributed by atoms with Crippen molar-refractivity contribution in [2.45, 2.75) is 18.3 Å². The van der Waals surface area contributed by atoms with Gasteiger partial charge in [-0.2, -0.15) is 18.3 Å². The van der Waals surface area contributed by atoms with Gasteiger partial charge in [0, 0.05) is 11.6 Å². The lowest BCUT2D eigenvalue weighted by atomic mass is 10.0. The van der Waals surface area contributed by atoms with E-state index in [1.807, 2.05) is 0 Å². The van der Waals surface area contributed by atoms with Gasteiger partial charge in [-0.05, 0) is 12.1 Å². The zero-order valence-corrected chi connectivity index (χ0v) is 19.4. The lowest BCUT2D eigenvalue weighted by molar-refractivity contribution is -0.268. The summed E-state index contributed by atoms with van der Waals surface area (Å²) in [6.07, 6.45) is -3.30. The molecule has 0 aliphatic carbocycles. The van der Waals surface area contributed by atoms with Gasteiger partial charge in [-0.25, -0.2) is 18.7 Å². The minimum atomic E-state index is -5.32. The number of alkyl halides is 3. The highest BCUT2D eigenvalue weighted by molar-refractivity contribution is 5.63. The first-order valence-corrected chi connectivity index (χ1v) is 10.9. The summed E-state index contributed by atoms with van der Waals surface area (Å²) in [5, 5.41) is 26.8. The van der Waals surface area contributed by atoms with Crippen LogP contribution in [0.25, 0.3) is 22.9 Å². The van der Waals surface area contributed by atoms with Crippen LogP contribution in [-0.4, -0.2) is 52.9 Å². The third kappa shape index (κ3) is 4.98. The predicted molar refractivity (Wildman–Crippen MR) is 121 cm³/mol. The Bertz CT molecular complexity index is 1600. The molecule has 5 rings (SSSR count). The number of nitrogens with one attached hydrogen (secondary N) is 1. The average molecular weight is 549 g/mol. The number of rotatable bonds is 8. The maximum Gasteiger partial charge on any atom is 0.428 e. The number of benzene rings is 1. The lowest BCUT2D eigenvalue weighted by Gasteiger charge is -2.27. The number of nitrogen functional groups attached to an aromatic ring is 1. The minimum Gasteiger partial charge on any atom is -0.405 e. The fourth-order valence-electron chi connectivity index (χ4n) is 3.51. The maximum absolute atomic E-state index is 14.5. The van der Waals surface area contributed by atoms with Crippen LogP contribution in [0.15, 0.2) is 57.8 Å². The molecule has 0 aliphatic rings. The quantitative estimate of drug-likeness (QED) is 0.243. The second-order valence-electron chi connectivity index (χ2n) is 8.10. The first-order chi connectivity index (χ1) is 18.5. The van der Waals surface area contributed by atoms with E-state index in [1.54, 1.807) is 12.1 Å². The van der Waals surface area contributed by atoms with Crippen LogP contribution in [0.5, 0.6) is 0 Å². The van der Waals surface area contributed by atoms with Crippen LogP contribution in [0.4, 0.5) is 33.8 Å². The number of nitrogens with two attached hydrogens (primary N) is 1. The van der Waals surface area contributed by atoms with Crippen molar-refractivity contribution in [3.05, 3.63) is 71.9 Å². The van der Waals surface area contributed by atoms with Gasteiger partial charge in [-0.1, -0.05) is 28.5 Å². The van der Waals surface area contributed by atoms with Gasteiger partial charge < -0.3 is 25.1 Å². The molecule has 202 valence electrons. The standard InChI is InChI=1S/C22H16F5N9O3/c23-12-4-2-1-3-11(12)9-36-16(14-5-6-38-35-14)7-15(34-36)18-29-8-13(24)17(31-18)30-10-21(37,22(25,26)27)19-32-33-20(28)39-19/h1-8,37H,9-10H2,(H2,28,33)(H,29,30,31). The third-order valence-electron chi connectivity index (χ3n) is 5.51. The Kier molecular flexibility index (Phi) is 6.43. The molecule has 0 saturated carbocycles. The summed E-state index contributed by atoms with van der Waals surface area (Å²) in [7, 11) is 0. The van der Waals surface area contributed by atoms with Crippen LogP contribution in [0.3, 0.4) is 0 Å². The molecule has 0 spiro atoms. The Morgan fingerprint density at radius 2 is 1.85 bits per heavy atom. The highest BCUT2D eigenvalue weighted by Crippen LogP contribution is 2.39. The Labute approximate surface area is 214 Å². The summed E-state index contributed by atoms with van der Waals surface area (Å²) in [6, 6.07) is 8.28. The lowest BCUT2D eigenvalue weighted by Crippen LogP contribution is -2.48. The van der Waals surface area contributed by atoms with Crippen LogP contribution in [0, 0.1) is 11.6 Å². The number of nitrogens with zero attached hydrogens (tertiary/aromatic N) is 7. The predicted octanol–water partition coefficient (Wildman–Crippen LogP) is 3.15. The molecule has 0 amide bonds. The Hall–Kier alpha value is -4.93. The van der Waals surface area contributed by atoms with Crippen molar-refractivity contribution in [2.75, 3.05) is 17.6 Å². The molecule has 5 aromatic rings. The molecule has 4 aromatic heterocycles. The summed E-state index contributed by atoms with van der Waals surface area (Å²) in [5.74, 6) is -3.75.